The van der Waals surface area contributed by atoms with E-state index < -0.39 is 0 Å². The molecule has 0 saturated heterocycles. The summed E-state index contributed by atoms with van der Waals surface area (Å²) in [5.74, 6) is 0.472. The number of nitrogens with two attached hydrogens (primary N) is 1. The molecule has 0 spiro atoms. The van der Waals surface area contributed by atoms with Gasteiger partial charge in [-0.15, -0.1) is 11.8 Å². The molecule has 0 aliphatic carbocycles. The van der Waals surface area contributed by atoms with Crippen molar-refractivity contribution < 1.29 is 4.39 Å². The molecule has 2 aromatic rings. The molecule has 2 nitrogen and oxygen atoms in total. The van der Waals surface area contributed by atoms with Crippen LogP contribution in [0.4, 0.5) is 4.39 Å². The van der Waals surface area contributed by atoms with Crippen molar-refractivity contribution in [1.29, 1.82) is 0 Å². The lowest BCUT2D eigenvalue weighted by Crippen LogP contribution is -2.13. The van der Waals surface area contributed by atoms with E-state index in [0.717, 1.165) is 10.5 Å². The van der Waals surface area contributed by atoms with Crippen LogP contribution in [0.1, 0.15) is 11.6 Å². The van der Waals surface area contributed by atoms with Crippen LogP contribution >= 0.6 is 11.8 Å². The maximum Gasteiger partial charge on any atom is 0.123 e. The maximum atomic E-state index is 13.0. The molecule has 2 rings (SSSR count). The zero-order chi connectivity index (χ0) is 12.1. The quantitative estimate of drug-likeness (QED) is 0.845. The van der Waals surface area contributed by atoms with Gasteiger partial charge in [-0.05, 0) is 29.8 Å². The van der Waals surface area contributed by atoms with Crippen LogP contribution in [-0.2, 0) is 0 Å². The second-order valence-corrected chi connectivity index (χ2v) is 4.75. The molecule has 0 radical (unpaired) electrons. The van der Waals surface area contributed by atoms with Crippen LogP contribution in [0.5, 0.6) is 0 Å². The molecular weight excluding hydrogens is 235 g/mol. The molecule has 1 aromatic carbocycles. The van der Waals surface area contributed by atoms with Crippen LogP contribution in [0.2, 0.25) is 0 Å². The van der Waals surface area contributed by atoms with Crippen LogP contribution in [-0.4, -0.2) is 10.7 Å². The highest BCUT2D eigenvalue weighted by Crippen LogP contribution is 2.22. The minimum Gasteiger partial charge on any atom is -0.323 e. The molecular formula is C13H13FN2S. The van der Waals surface area contributed by atoms with Crippen molar-refractivity contribution in [2.45, 2.75) is 10.9 Å². The second kappa shape index (κ2) is 5.80. The Bertz CT molecular complexity index is 476. The van der Waals surface area contributed by atoms with Crippen molar-refractivity contribution in [2.75, 3.05) is 5.75 Å². The zero-order valence-electron chi connectivity index (χ0n) is 9.21. The van der Waals surface area contributed by atoms with Crippen LogP contribution in [0, 0.1) is 5.82 Å². The predicted octanol–water partition coefficient (Wildman–Crippen LogP) is 3.01. The molecule has 0 aliphatic heterocycles. The van der Waals surface area contributed by atoms with E-state index in [1.807, 2.05) is 18.2 Å². The summed E-state index contributed by atoms with van der Waals surface area (Å²) in [7, 11) is 0. The van der Waals surface area contributed by atoms with Crippen LogP contribution in [0.15, 0.2) is 53.7 Å². The number of thioether (sulfide) groups is 1. The summed E-state index contributed by atoms with van der Waals surface area (Å²) < 4.78 is 13.0. The standard InChI is InChI=1S/C13H13FN2S/c14-11-3-1-2-10(8-11)13(15)9-17-12-4-6-16-7-5-12/h1-8,13H,9,15H2. The van der Waals surface area contributed by atoms with E-state index in [0.29, 0.717) is 5.75 Å². The Kier molecular flexibility index (Phi) is 4.12. The number of hydrogen-bond acceptors (Lipinski definition) is 3. The minimum atomic E-state index is -0.244. The van der Waals surface area contributed by atoms with Crippen LogP contribution in [0.3, 0.4) is 0 Å². The summed E-state index contributed by atoms with van der Waals surface area (Å²) >= 11 is 1.64. The Hall–Kier alpha value is -1.39. The van der Waals surface area contributed by atoms with Gasteiger partial charge >= 0.3 is 0 Å². The van der Waals surface area contributed by atoms with Gasteiger partial charge in [0.2, 0.25) is 0 Å². The van der Waals surface area contributed by atoms with E-state index in [1.165, 1.54) is 12.1 Å². The monoisotopic (exact) mass is 248 g/mol. The summed E-state index contributed by atoms with van der Waals surface area (Å²) in [6.07, 6.45) is 3.49. The van der Waals surface area contributed by atoms with E-state index in [4.69, 9.17) is 5.73 Å². The Balaban J connectivity index is 1.96. The second-order valence-electron chi connectivity index (χ2n) is 3.66. The van der Waals surface area contributed by atoms with E-state index in [9.17, 15) is 4.39 Å². The van der Waals surface area contributed by atoms with Gasteiger partial charge < -0.3 is 5.73 Å². The van der Waals surface area contributed by atoms with Gasteiger partial charge in [-0.3, -0.25) is 4.98 Å². The number of aromatic nitrogens is 1. The normalized spacial score (nSPS) is 12.4. The van der Waals surface area contributed by atoms with Crippen molar-refractivity contribution in [1.82, 2.24) is 4.98 Å². The third kappa shape index (κ3) is 3.54. The fourth-order valence-electron chi connectivity index (χ4n) is 1.45. The summed E-state index contributed by atoms with van der Waals surface area (Å²) in [6.45, 7) is 0. The number of benzene rings is 1. The van der Waals surface area contributed by atoms with Crippen molar-refractivity contribution in [3.63, 3.8) is 0 Å². The molecule has 0 amide bonds. The molecule has 4 heteroatoms. The summed E-state index contributed by atoms with van der Waals surface area (Å²) in [5.41, 5.74) is 6.83. The first-order chi connectivity index (χ1) is 8.25. The molecule has 17 heavy (non-hydrogen) atoms. The maximum absolute atomic E-state index is 13.0. The first-order valence-electron chi connectivity index (χ1n) is 5.29. The average molecular weight is 248 g/mol. The van der Waals surface area contributed by atoms with Crippen LogP contribution < -0.4 is 5.73 Å². The van der Waals surface area contributed by atoms with Crippen molar-refractivity contribution in [3.8, 4) is 0 Å². The summed E-state index contributed by atoms with van der Waals surface area (Å²) in [5, 5.41) is 0. The molecule has 0 saturated carbocycles. The highest BCUT2D eigenvalue weighted by molar-refractivity contribution is 7.99. The number of pyridine rings is 1. The SMILES string of the molecule is NC(CSc1ccncc1)c1cccc(F)c1. The molecule has 2 N–H and O–H groups in total. The third-order valence-corrected chi connectivity index (χ3v) is 3.49. The fourth-order valence-corrected chi connectivity index (χ4v) is 2.33. The molecule has 1 unspecified atom stereocenters. The van der Waals surface area contributed by atoms with Gasteiger partial charge in [-0.1, -0.05) is 12.1 Å². The Labute approximate surface area is 104 Å². The van der Waals surface area contributed by atoms with Crippen molar-refractivity contribution >= 4 is 11.8 Å². The van der Waals surface area contributed by atoms with Gasteiger partial charge in [0.05, 0.1) is 0 Å². The average Bonchev–Trinajstić information content (AvgIpc) is 2.37. The highest BCUT2D eigenvalue weighted by atomic mass is 32.2. The largest absolute Gasteiger partial charge is 0.323 e. The highest BCUT2D eigenvalue weighted by Gasteiger charge is 2.07. The molecule has 0 aliphatic rings. The zero-order valence-corrected chi connectivity index (χ0v) is 10.0. The third-order valence-electron chi connectivity index (χ3n) is 2.36. The van der Waals surface area contributed by atoms with E-state index in [-0.39, 0.29) is 11.9 Å². The molecule has 1 atom stereocenters. The molecule has 0 bridgehead atoms. The Morgan fingerprint density at radius 1 is 1.24 bits per heavy atom. The van der Waals surface area contributed by atoms with E-state index >= 15 is 0 Å². The lowest BCUT2D eigenvalue weighted by Gasteiger charge is -2.11. The fraction of sp³-hybridized carbons (Fsp3) is 0.154. The number of halogens is 1. The summed E-state index contributed by atoms with van der Waals surface area (Å²) in [4.78, 5) is 5.07. The lowest BCUT2D eigenvalue weighted by atomic mass is 10.1. The van der Waals surface area contributed by atoms with Gasteiger partial charge in [0.15, 0.2) is 0 Å². The van der Waals surface area contributed by atoms with E-state index in [2.05, 4.69) is 4.98 Å². The van der Waals surface area contributed by atoms with Crippen molar-refractivity contribution in [2.24, 2.45) is 5.73 Å². The van der Waals surface area contributed by atoms with Crippen LogP contribution in [0.25, 0.3) is 0 Å². The molecule has 88 valence electrons. The molecule has 1 aromatic heterocycles. The predicted molar refractivity (Wildman–Crippen MR) is 68.3 cm³/mol. The molecule has 1 heterocycles. The topological polar surface area (TPSA) is 38.9 Å². The number of nitrogens with zero attached hydrogens (tertiary/aromatic N) is 1. The smallest absolute Gasteiger partial charge is 0.123 e. The minimum absolute atomic E-state index is 0.163. The number of hydrogen-bond donors (Lipinski definition) is 1. The Morgan fingerprint density at radius 2 is 2.00 bits per heavy atom. The van der Waals surface area contributed by atoms with Gasteiger partial charge in [0.1, 0.15) is 5.82 Å². The summed E-state index contributed by atoms with van der Waals surface area (Å²) in [6, 6.07) is 10.1. The first kappa shape index (κ1) is 12.1. The number of rotatable bonds is 4. The van der Waals surface area contributed by atoms with Gasteiger partial charge in [0.25, 0.3) is 0 Å². The van der Waals surface area contributed by atoms with Gasteiger partial charge in [0, 0.05) is 29.1 Å². The first-order valence-corrected chi connectivity index (χ1v) is 6.28. The lowest BCUT2D eigenvalue weighted by molar-refractivity contribution is 0.622. The van der Waals surface area contributed by atoms with Gasteiger partial charge in [-0.25, -0.2) is 4.39 Å². The molecule has 0 fully saturated rings. The van der Waals surface area contributed by atoms with Gasteiger partial charge in [-0.2, -0.15) is 0 Å². The Morgan fingerprint density at radius 3 is 2.71 bits per heavy atom. The van der Waals surface area contributed by atoms with E-state index in [1.54, 1.807) is 30.2 Å². The van der Waals surface area contributed by atoms with Crippen molar-refractivity contribution in [3.05, 3.63) is 60.2 Å².